The summed E-state index contributed by atoms with van der Waals surface area (Å²) in [5.74, 6) is 1.28. The Kier molecular flexibility index (Phi) is 7.92. The molecule has 0 saturated carbocycles. The minimum Gasteiger partial charge on any atom is -0.480 e. The second kappa shape index (κ2) is 11.9. The highest BCUT2D eigenvalue weighted by Gasteiger charge is 2.26. The molecule has 218 valence electrons. The number of alkyl halides is 2. The number of hydrogen-bond acceptors (Lipinski definition) is 8. The van der Waals surface area contributed by atoms with Crippen LogP contribution >= 0.6 is 0 Å². The van der Waals surface area contributed by atoms with Crippen LogP contribution in [0.15, 0.2) is 48.8 Å². The summed E-state index contributed by atoms with van der Waals surface area (Å²) in [5.41, 5.74) is 6.52. The van der Waals surface area contributed by atoms with Gasteiger partial charge in [-0.2, -0.15) is 0 Å². The SMILES string of the molecule is COc1ccc(-c2cc(C)c3ncnc(N4CCc5ccc(C(=O)N6CCC(NCC(F)F)CC6)cc5C4)c3c2)nn1. The zero-order valence-corrected chi connectivity index (χ0v) is 23.7. The van der Waals surface area contributed by atoms with Crippen LogP contribution in [0.5, 0.6) is 5.88 Å². The average molecular weight is 574 g/mol. The largest absolute Gasteiger partial charge is 0.480 e. The molecule has 9 nitrogen and oxygen atoms in total. The Morgan fingerprint density at radius 3 is 2.62 bits per heavy atom. The van der Waals surface area contributed by atoms with Crippen molar-refractivity contribution in [1.82, 2.24) is 30.4 Å². The van der Waals surface area contributed by atoms with Crippen molar-refractivity contribution in [2.24, 2.45) is 0 Å². The van der Waals surface area contributed by atoms with E-state index in [9.17, 15) is 13.6 Å². The van der Waals surface area contributed by atoms with Gasteiger partial charge in [0.2, 0.25) is 5.88 Å². The van der Waals surface area contributed by atoms with Gasteiger partial charge in [0.1, 0.15) is 12.1 Å². The van der Waals surface area contributed by atoms with Crippen molar-refractivity contribution < 1.29 is 18.3 Å². The van der Waals surface area contributed by atoms with Crippen molar-refractivity contribution >= 4 is 22.6 Å². The molecule has 1 fully saturated rings. The molecule has 2 aromatic heterocycles. The molecule has 11 heteroatoms. The van der Waals surface area contributed by atoms with Gasteiger partial charge in [-0.15, -0.1) is 10.2 Å². The highest BCUT2D eigenvalue weighted by Crippen LogP contribution is 2.33. The number of fused-ring (bicyclic) bond motifs is 2. The van der Waals surface area contributed by atoms with Gasteiger partial charge in [0, 0.05) is 54.8 Å². The number of carbonyl (C=O) groups is 1. The number of ether oxygens (including phenoxy) is 1. The van der Waals surface area contributed by atoms with Gasteiger partial charge >= 0.3 is 0 Å². The standard InChI is InChI=1S/C31H33F2N7O2/c1-19-13-22(26-5-6-28(42-2)38-37-26)15-25-29(19)35-18-36-30(25)40-10-7-20-3-4-21(14-23(20)17-40)31(41)39-11-8-24(9-12-39)34-16-27(32)33/h3-6,13-15,18,24,27,34H,7-12,16-17H2,1-2H3. The smallest absolute Gasteiger partial charge is 0.253 e. The van der Waals surface area contributed by atoms with Crippen molar-refractivity contribution in [2.75, 3.05) is 38.2 Å². The lowest BCUT2D eigenvalue weighted by Crippen LogP contribution is -2.46. The third-order valence-corrected chi connectivity index (χ3v) is 8.16. The van der Waals surface area contributed by atoms with E-state index in [0.717, 1.165) is 52.1 Å². The number of hydrogen-bond donors (Lipinski definition) is 1. The highest BCUT2D eigenvalue weighted by atomic mass is 19.3. The van der Waals surface area contributed by atoms with Crippen LogP contribution in [0, 0.1) is 6.92 Å². The van der Waals surface area contributed by atoms with Gasteiger partial charge in [0.05, 0.1) is 24.9 Å². The molecular formula is C31H33F2N7O2. The summed E-state index contributed by atoms with van der Waals surface area (Å²) in [7, 11) is 1.56. The van der Waals surface area contributed by atoms with E-state index in [1.807, 2.05) is 30.0 Å². The summed E-state index contributed by atoms with van der Waals surface area (Å²) < 4.78 is 30.3. The second-order valence-corrected chi connectivity index (χ2v) is 10.9. The van der Waals surface area contributed by atoms with Crippen molar-refractivity contribution in [1.29, 1.82) is 0 Å². The Hall–Kier alpha value is -4.25. The van der Waals surface area contributed by atoms with Crippen molar-refractivity contribution in [3.63, 3.8) is 0 Å². The number of anilines is 1. The Morgan fingerprint density at radius 2 is 1.88 bits per heavy atom. The quantitative estimate of drug-likeness (QED) is 0.347. The summed E-state index contributed by atoms with van der Waals surface area (Å²) in [5, 5.41) is 12.3. The van der Waals surface area contributed by atoms with Gasteiger partial charge in [-0.05, 0) is 73.2 Å². The molecule has 2 aromatic carbocycles. The first kappa shape index (κ1) is 27.9. The lowest BCUT2D eigenvalue weighted by atomic mass is 9.96. The number of halogens is 2. The molecule has 0 spiro atoms. The number of piperidine rings is 1. The third kappa shape index (κ3) is 5.74. The van der Waals surface area contributed by atoms with Crippen molar-refractivity contribution in [3.05, 3.63) is 71.0 Å². The first-order valence-corrected chi connectivity index (χ1v) is 14.2. The second-order valence-electron chi connectivity index (χ2n) is 10.9. The molecule has 0 unspecified atom stereocenters. The Labute approximate surface area is 242 Å². The predicted octanol–water partition coefficient (Wildman–Crippen LogP) is 4.43. The van der Waals surface area contributed by atoms with Crippen molar-refractivity contribution in [2.45, 2.75) is 45.2 Å². The van der Waals surface area contributed by atoms with Gasteiger partial charge < -0.3 is 19.9 Å². The van der Waals surface area contributed by atoms with Crippen LogP contribution < -0.4 is 15.0 Å². The molecule has 6 rings (SSSR count). The molecule has 2 aliphatic rings. The summed E-state index contributed by atoms with van der Waals surface area (Å²) in [4.78, 5) is 26.7. The number of nitrogens with zero attached hydrogens (tertiary/aromatic N) is 6. The maximum atomic E-state index is 13.4. The van der Waals surface area contributed by atoms with E-state index in [0.29, 0.717) is 43.9 Å². The van der Waals surface area contributed by atoms with Crippen LogP contribution in [0.1, 0.15) is 39.9 Å². The molecule has 0 radical (unpaired) electrons. The number of aryl methyl sites for hydroxylation is 1. The molecule has 1 amide bonds. The van der Waals surface area contributed by atoms with E-state index in [-0.39, 0.29) is 18.5 Å². The fourth-order valence-corrected chi connectivity index (χ4v) is 5.91. The summed E-state index contributed by atoms with van der Waals surface area (Å²) in [6.07, 6.45) is 1.41. The summed E-state index contributed by atoms with van der Waals surface area (Å²) >= 11 is 0. The van der Waals surface area contributed by atoms with Gasteiger partial charge in [-0.25, -0.2) is 18.7 Å². The lowest BCUT2D eigenvalue weighted by molar-refractivity contribution is 0.0693. The van der Waals surface area contributed by atoms with E-state index in [1.165, 1.54) is 5.56 Å². The van der Waals surface area contributed by atoms with Crippen LogP contribution in [0.2, 0.25) is 0 Å². The molecule has 0 bridgehead atoms. The minimum absolute atomic E-state index is 0.0174. The maximum Gasteiger partial charge on any atom is 0.253 e. The number of benzene rings is 2. The van der Waals surface area contributed by atoms with Crippen LogP contribution in [-0.2, 0) is 13.0 Å². The van der Waals surface area contributed by atoms with Crippen LogP contribution in [-0.4, -0.2) is 76.7 Å². The number of amides is 1. The zero-order chi connectivity index (χ0) is 29.2. The first-order chi connectivity index (χ1) is 20.4. The number of carbonyl (C=O) groups excluding carboxylic acids is 1. The van der Waals surface area contributed by atoms with E-state index in [1.54, 1.807) is 19.5 Å². The summed E-state index contributed by atoms with van der Waals surface area (Å²) in [6.45, 7) is 4.23. The lowest BCUT2D eigenvalue weighted by Gasteiger charge is -2.33. The van der Waals surface area contributed by atoms with Crippen LogP contribution in [0.25, 0.3) is 22.2 Å². The number of rotatable bonds is 7. The molecule has 4 aromatic rings. The summed E-state index contributed by atoms with van der Waals surface area (Å²) in [6, 6.07) is 13.8. The topological polar surface area (TPSA) is 96.4 Å². The molecule has 1 saturated heterocycles. The molecular weight excluding hydrogens is 540 g/mol. The van der Waals surface area contributed by atoms with Gasteiger partial charge in [0.15, 0.2) is 0 Å². The van der Waals surface area contributed by atoms with Crippen LogP contribution in [0.4, 0.5) is 14.6 Å². The first-order valence-electron chi connectivity index (χ1n) is 14.2. The van der Waals surface area contributed by atoms with Crippen LogP contribution in [0.3, 0.4) is 0 Å². The highest BCUT2D eigenvalue weighted by molar-refractivity contribution is 5.96. The Bertz CT molecular complexity index is 1590. The number of aromatic nitrogens is 4. The molecule has 0 atom stereocenters. The molecule has 4 heterocycles. The average Bonchev–Trinajstić information content (AvgIpc) is 3.03. The van der Waals surface area contributed by atoms with Gasteiger partial charge in [-0.1, -0.05) is 6.07 Å². The Morgan fingerprint density at radius 1 is 1.05 bits per heavy atom. The fraction of sp³-hybridized carbons (Fsp3) is 0.387. The molecule has 0 aliphatic carbocycles. The predicted molar refractivity (Wildman–Crippen MR) is 156 cm³/mol. The maximum absolute atomic E-state index is 13.4. The van der Waals surface area contributed by atoms with Gasteiger partial charge in [-0.3, -0.25) is 4.79 Å². The minimum atomic E-state index is -2.37. The molecule has 2 aliphatic heterocycles. The monoisotopic (exact) mass is 573 g/mol. The number of likely N-dealkylation sites (tertiary alicyclic amines) is 1. The fourth-order valence-electron chi connectivity index (χ4n) is 5.91. The number of nitrogens with one attached hydrogen (secondary N) is 1. The van der Waals surface area contributed by atoms with E-state index in [4.69, 9.17) is 9.72 Å². The van der Waals surface area contributed by atoms with E-state index < -0.39 is 6.43 Å². The molecule has 42 heavy (non-hydrogen) atoms. The third-order valence-electron chi connectivity index (χ3n) is 8.16. The molecule has 1 N–H and O–H groups in total. The van der Waals surface area contributed by atoms with E-state index in [2.05, 4.69) is 43.6 Å². The Balaban J connectivity index is 1.22. The number of methoxy groups -OCH3 is 1. The zero-order valence-electron chi connectivity index (χ0n) is 23.7. The van der Waals surface area contributed by atoms with E-state index >= 15 is 0 Å². The van der Waals surface area contributed by atoms with Gasteiger partial charge in [0.25, 0.3) is 12.3 Å². The van der Waals surface area contributed by atoms with Crippen molar-refractivity contribution in [3.8, 4) is 17.1 Å². The normalized spacial score (nSPS) is 15.7.